The minimum absolute atomic E-state index is 0.00991. The fraction of sp³-hybridized carbons (Fsp3) is 0.414. The lowest BCUT2D eigenvalue weighted by atomic mass is 9.69. The summed E-state index contributed by atoms with van der Waals surface area (Å²) in [5.41, 5.74) is -1.90. The second kappa shape index (κ2) is 11.5. The summed E-state index contributed by atoms with van der Waals surface area (Å²) in [5, 5.41) is 34.2. The Labute approximate surface area is 241 Å². The third-order valence-electron chi connectivity index (χ3n) is 7.45. The van der Waals surface area contributed by atoms with E-state index in [0.29, 0.717) is 5.56 Å². The van der Waals surface area contributed by atoms with Crippen molar-refractivity contribution in [2.24, 2.45) is 5.92 Å². The molecule has 220 valence electrons. The van der Waals surface area contributed by atoms with Crippen LogP contribution in [0.4, 0.5) is 0 Å². The van der Waals surface area contributed by atoms with Gasteiger partial charge in [-0.1, -0.05) is 24.6 Å². The lowest BCUT2D eigenvalue weighted by Crippen LogP contribution is -2.53. The molecule has 41 heavy (non-hydrogen) atoms. The normalized spacial score (nSPS) is 21.3. The number of ether oxygens (including phenoxy) is 4. The van der Waals surface area contributed by atoms with Crippen molar-refractivity contribution >= 4 is 29.1 Å². The van der Waals surface area contributed by atoms with E-state index in [9.17, 15) is 29.7 Å². The van der Waals surface area contributed by atoms with Crippen molar-refractivity contribution in [3.05, 3.63) is 51.7 Å². The van der Waals surface area contributed by atoms with Crippen LogP contribution in [-0.2, 0) is 9.59 Å². The molecule has 12 heteroatoms. The van der Waals surface area contributed by atoms with Crippen LogP contribution in [0.3, 0.4) is 0 Å². The topological polar surface area (TPSA) is 161 Å². The Hall–Kier alpha value is -3.96. The first-order chi connectivity index (χ1) is 19.4. The van der Waals surface area contributed by atoms with E-state index >= 15 is 0 Å². The van der Waals surface area contributed by atoms with Crippen LogP contribution >= 0.6 is 11.6 Å². The van der Waals surface area contributed by atoms with E-state index in [1.165, 1.54) is 52.5 Å². The van der Waals surface area contributed by atoms with E-state index < -0.39 is 46.8 Å². The molecule has 1 spiro atoms. The average Bonchev–Trinajstić information content (AvgIpc) is 3.25. The van der Waals surface area contributed by atoms with Crippen LogP contribution in [0.1, 0.15) is 48.5 Å². The third-order valence-corrected chi connectivity index (χ3v) is 7.81. The number of hydrogen-bond donors (Lipinski definition) is 4. The Morgan fingerprint density at radius 3 is 2.39 bits per heavy atom. The number of phenolic OH excluding ortho intramolecular Hbond substituents is 1. The number of nitrogens with one attached hydrogen (secondary N) is 1. The lowest BCUT2D eigenvalue weighted by molar-refractivity contribution is -0.122. The van der Waals surface area contributed by atoms with Gasteiger partial charge in [0.1, 0.15) is 22.1 Å². The van der Waals surface area contributed by atoms with Gasteiger partial charge in [-0.3, -0.25) is 14.4 Å². The molecule has 4 N–H and O–H groups in total. The molecule has 0 saturated heterocycles. The van der Waals surface area contributed by atoms with Gasteiger partial charge in [-0.25, -0.2) is 0 Å². The molecule has 11 nitrogen and oxygen atoms in total. The quantitative estimate of drug-likeness (QED) is 0.341. The Kier molecular flexibility index (Phi) is 8.41. The molecule has 0 radical (unpaired) electrons. The van der Waals surface area contributed by atoms with Crippen LogP contribution in [0.25, 0.3) is 0 Å². The van der Waals surface area contributed by atoms with Gasteiger partial charge in [0, 0.05) is 42.9 Å². The smallest absolute Gasteiger partial charge is 0.231 e. The first-order valence-corrected chi connectivity index (χ1v) is 13.3. The number of fused-ring (bicyclic) bond motifs is 1. The zero-order chi connectivity index (χ0) is 30.2. The second-order valence-corrected chi connectivity index (χ2v) is 10.5. The van der Waals surface area contributed by atoms with Crippen LogP contribution in [0.2, 0.25) is 5.02 Å². The van der Waals surface area contributed by atoms with E-state index in [4.69, 9.17) is 30.5 Å². The number of allylic oxidation sites excluding steroid dienone is 1. The van der Waals surface area contributed by atoms with E-state index in [2.05, 4.69) is 5.32 Å². The largest absolute Gasteiger partial charge is 0.507 e. The summed E-state index contributed by atoms with van der Waals surface area (Å²) in [6.07, 6.45) is -1.36. The Morgan fingerprint density at radius 1 is 1.12 bits per heavy atom. The van der Waals surface area contributed by atoms with Gasteiger partial charge in [-0.2, -0.15) is 0 Å². The number of benzene rings is 2. The summed E-state index contributed by atoms with van der Waals surface area (Å²) in [6.45, 7) is 3.06. The molecule has 0 aromatic heterocycles. The monoisotopic (exact) mass is 589 g/mol. The average molecular weight is 590 g/mol. The van der Waals surface area contributed by atoms with E-state index in [0.717, 1.165) is 0 Å². The number of carbonyl (C=O) groups excluding carboxylic acids is 3. The van der Waals surface area contributed by atoms with Crippen LogP contribution in [0, 0.1) is 5.92 Å². The standard InChI is InChI=1S/C29H32ClNO10/c1-13-8-18(34)23(16(10-22(35)31-12-14(2)32)15-6-7-17(33)19(9-15)38-3)27(36)29(13)28(37)24-20(39-4)11-21(40-5)25(30)26(24)41-29/h6-7,9,11,13-14,16,32-33,36H,8,10,12H2,1-5H3,(H,31,35). The van der Waals surface area contributed by atoms with Gasteiger partial charge in [0.25, 0.3) is 0 Å². The summed E-state index contributed by atoms with van der Waals surface area (Å²) in [4.78, 5) is 40.7. The number of methoxy groups -OCH3 is 3. The first kappa shape index (κ1) is 30.0. The van der Waals surface area contributed by atoms with Crippen molar-refractivity contribution in [1.29, 1.82) is 0 Å². The van der Waals surface area contributed by atoms with E-state index in [1.807, 2.05) is 0 Å². The number of hydrogen-bond acceptors (Lipinski definition) is 10. The molecule has 1 heterocycles. The highest BCUT2D eigenvalue weighted by Gasteiger charge is 2.61. The summed E-state index contributed by atoms with van der Waals surface area (Å²) in [6, 6.07) is 5.69. The maximum atomic E-state index is 14.1. The number of Topliss-reactive ketones (excluding diaryl/α,β-unsaturated/α-hetero) is 2. The number of phenols is 1. The summed E-state index contributed by atoms with van der Waals surface area (Å²) in [7, 11) is 4.09. The maximum Gasteiger partial charge on any atom is 0.231 e. The van der Waals surface area contributed by atoms with Crippen molar-refractivity contribution in [3.8, 4) is 28.7 Å². The molecule has 4 unspecified atom stereocenters. The Bertz CT molecular complexity index is 1440. The fourth-order valence-electron chi connectivity index (χ4n) is 5.36. The number of aliphatic hydroxyl groups excluding tert-OH is 2. The van der Waals surface area contributed by atoms with E-state index in [1.54, 1.807) is 6.92 Å². The Morgan fingerprint density at radius 2 is 1.78 bits per heavy atom. The van der Waals surface area contributed by atoms with Crippen LogP contribution < -0.4 is 24.3 Å². The van der Waals surface area contributed by atoms with Crippen molar-refractivity contribution in [1.82, 2.24) is 5.32 Å². The van der Waals surface area contributed by atoms with Crippen LogP contribution in [-0.4, -0.2) is 72.4 Å². The number of aliphatic hydroxyl groups is 2. The van der Waals surface area contributed by atoms with Gasteiger partial charge in [0.2, 0.25) is 17.3 Å². The van der Waals surface area contributed by atoms with Gasteiger partial charge < -0.3 is 39.6 Å². The zero-order valence-electron chi connectivity index (χ0n) is 23.2. The van der Waals surface area contributed by atoms with Crippen molar-refractivity contribution < 1.29 is 48.7 Å². The molecule has 1 amide bonds. The lowest BCUT2D eigenvalue weighted by Gasteiger charge is -2.38. The first-order valence-electron chi connectivity index (χ1n) is 12.9. The number of carbonyl (C=O) groups is 3. The number of halogens is 1. The fourth-order valence-corrected chi connectivity index (χ4v) is 5.62. The van der Waals surface area contributed by atoms with Crippen molar-refractivity contribution in [2.45, 2.75) is 44.3 Å². The molecule has 2 aliphatic rings. The molecule has 1 aliphatic heterocycles. The van der Waals surface area contributed by atoms with Gasteiger partial charge in [0.05, 0.1) is 27.4 Å². The summed E-state index contributed by atoms with van der Waals surface area (Å²) < 4.78 is 22.1. The number of ketones is 2. The van der Waals surface area contributed by atoms with Crippen LogP contribution in [0.15, 0.2) is 35.6 Å². The van der Waals surface area contributed by atoms with E-state index in [-0.39, 0.29) is 64.3 Å². The van der Waals surface area contributed by atoms with Gasteiger partial charge in [0.15, 0.2) is 28.8 Å². The minimum Gasteiger partial charge on any atom is -0.507 e. The number of amides is 1. The molecule has 0 saturated carbocycles. The van der Waals surface area contributed by atoms with Gasteiger partial charge in [-0.05, 0) is 24.6 Å². The molecule has 2 aromatic carbocycles. The predicted molar refractivity (Wildman–Crippen MR) is 147 cm³/mol. The van der Waals surface area contributed by atoms with Crippen LogP contribution in [0.5, 0.6) is 28.7 Å². The molecular formula is C29H32ClNO10. The molecule has 4 rings (SSSR count). The molecule has 4 atom stereocenters. The Balaban J connectivity index is 1.92. The summed E-state index contributed by atoms with van der Waals surface area (Å²) >= 11 is 6.51. The van der Waals surface area contributed by atoms with Crippen molar-refractivity contribution in [2.75, 3.05) is 27.9 Å². The molecule has 0 bridgehead atoms. The van der Waals surface area contributed by atoms with Gasteiger partial charge >= 0.3 is 0 Å². The molecule has 2 aromatic rings. The maximum absolute atomic E-state index is 14.1. The highest BCUT2D eigenvalue weighted by atomic mass is 35.5. The highest BCUT2D eigenvalue weighted by molar-refractivity contribution is 6.35. The molecule has 1 aliphatic carbocycles. The highest BCUT2D eigenvalue weighted by Crippen LogP contribution is 2.56. The SMILES string of the molecule is COc1cc(C(CC(=O)NCC(C)O)C2=C(O)C3(Oc4c(Cl)c(OC)cc(OC)c4C3=O)C(C)CC2=O)ccc1O. The third kappa shape index (κ3) is 5.04. The minimum atomic E-state index is -2.04. The summed E-state index contributed by atoms with van der Waals surface area (Å²) in [5.74, 6) is -4.12. The number of aromatic hydroxyl groups is 1. The number of rotatable bonds is 9. The second-order valence-electron chi connectivity index (χ2n) is 10.1. The molecular weight excluding hydrogens is 558 g/mol. The zero-order valence-corrected chi connectivity index (χ0v) is 24.0. The predicted octanol–water partition coefficient (Wildman–Crippen LogP) is 3.48. The van der Waals surface area contributed by atoms with Gasteiger partial charge in [-0.15, -0.1) is 0 Å². The molecule has 0 fully saturated rings. The van der Waals surface area contributed by atoms with Crippen molar-refractivity contribution in [3.63, 3.8) is 0 Å².